The lowest BCUT2D eigenvalue weighted by Gasteiger charge is -1.92. The highest BCUT2D eigenvalue weighted by atomic mass is 16.1. The summed E-state index contributed by atoms with van der Waals surface area (Å²) in [7, 11) is 1.85. The minimum Gasteiger partial charge on any atom is -0.369 e. The number of imidazole rings is 1. The number of anilines is 1. The number of nitrogens with zero attached hydrogens (tertiary/aromatic N) is 2. The van der Waals surface area contributed by atoms with E-state index in [1.54, 1.807) is 0 Å². The molecular formula is C8H12N6O. The third kappa shape index (κ3) is 1.82. The van der Waals surface area contributed by atoms with E-state index in [1.807, 2.05) is 7.05 Å². The molecule has 0 saturated heterocycles. The smallest absolute Gasteiger partial charge is 0.278 e. The van der Waals surface area contributed by atoms with Crippen molar-refractivity contribution in [1.82, 2.24) is 25.3 Å². The Morgan fingerprint density at radius 2 is 2.20 bits per heavy atom. The molecule has 2 aromatic heterocycles. The van der Waals surface area contributed by atoms with Crippen LogP contribution in [0, 0.1) is 0 Å². The van der Waals surface area contributed by atoms with Gasteiger partial charge in [0.15, 0.2) is 11.2 Å². The van der Waals surface area contributed by atoms with Gasteiger partial charge in [-0.3, -0.25) is 9.78 Å². The van der Waals surface area contributed by atoms with Crippen molar-refractivity contribution in [2.24, 2.45) is 0 Å². The Labute approximate surface area is 85.1 Å². The average molecular weight is 208 g/mol. The minimum absolute atomic E-state index is 0.0826. The standard InChI is InChI=1S/C8H12N6O/c1-10-3-2-4-11-5-6(12-4)13-8(9)14-7(5)15/h10H,2-3H2,1H3,(H4,9,11,12,13,14,15). The van der Waals surface area contributed by atoms with Crippen LogP contribution in [0.3, 0.4) is 0 Å². The Balaban J connectivity index is 2.46. The van der Waals surface area contributed by atoms with Crippen LogP contribution >= 0.6 is 0 Å². The van der Waals surface area contributed by atoms with E-state index in [4.69, 9.17) is 5.73 Å². The number of aromatic amines is 2. The van der Waals surface area contributed by atoms with E-state index in [0.29, 0.717) is 17.6 Å². The molecule has 0 aliphatic carbocycles. The molecular weight excluding hydrogens is 196 g/mol. The highest BCUT2D eigenvalue weighted by molar-refractivity contribution is 5.70. The number of H-pyrrole nitrogens is 2. The summed E-state index contributed by atoms with van der Waals surface area (Å²) in [6.45, 7) is 0.785. The number of nitrogens with two attached hydrogens (primary N) is 1. The molecule has 0 atom stereocenters. The fraction of sp³-hybridized carbons (Fsp3) is 0.375. The summed E-state index contributed by atoms with van der Waals surface area (Å²) in [4.78, 5) is 24.8. The Hall–Kier alpha value is -1.89. The maximum atomic E-state index is 11.4. The number of fused-ring (bicyclic) bond motifs is 1. The minimum atomic E-state index is -0.291. The van der Waals surface area contributed by atoms with Crippen LogP contribution in [0.4, 0.5) is 5.95 Å². The lowest BCUT2D eigenvalue weighted by Crippen LogP contribution is -2.11. The summed E-state index contributed by atoms with van der Waals surface area (Å²) >= 11 is 0. The van der Waals surface area contributed by atoms with Crippen molar-refractivity contribution in [3.05, 3.63) is 16.2 Å². The van der Waals surface area contributed by atoms with Gasteiger partial charge in [0.1, 0.15) is 5.82 Å². The van der Waals surface area contributed by atoms with Crippen molar-refractivity contribution in [3.63, 3.8) is 0 Å². The van der Waals surface area contributed by atoms with E-state index in [1.165, 1.54) is 0 Å². The number of rotatable bonds is 3. The molecule has 0 saturated carbocycles. The SMILES string of the molecule is CNCCc1nc2nc(N)[nH]c(=O)c2[nH]1. The van der Waals surface area contributed by atoms with Crippen molar-refractivity contribution in [2.45, 2.75) is 6.42 Å². The zero-order valence-electron chi connectivity index (χ0n) is 8.29. The van der Waals surface area contributed by atoms with Crippen molar-refractivity contribution in [2.75, 3.05) is 19.3 Å². The molecule has 2 heterocycles. The van der Waals surface area contributed by atoms with E-state index in [-0.39, 0.29) is 11.5 Å². The lowest BCUT2D eigenvalue weighted by molar-refractivity contribution is 0.766. The number of hydrogen-bond donors (Lipinski definition) is 4. The molecule has 80 valence electrons. The van der Waals surface area contributed by atoms with Crippen LogP contribution in [0.25, 0.3) is 11.2 Å². The summed E-state index contributed by atoms with van der Waals surface area (Å²) in [5, 5.41) is 3.00. The van der Waals surface area contributed by atoms with E-state index in [2.05, 4.69) is 25.3 Å². The molecule has 0 unspecified atom stereocenters. The number of nitrogens with one attached hydrogen (secondary N) is 3. The topological polar surface area (TPSA) is 112 Å². The quantitative estimate of drug-likeness (QED) is 0.516. The fourth-order valence-electron chi connectivity index (χ4n) is 1.33. The zero-order valence-corrected chi connectivity index (χ0v) is 8.29. The van der Waals surface area contributed by atoms with Crippen LogP contribution in [0.1, 0.15) is 5.82 Å². The molecule has 0 aliphatic rings. The van der Waals surface area contributed by atoms with E-state index >= 15 is 0 Å². The van der Waals surface area contributed by atoms with Gasteiger partial charge in [0, 0.05) is 13.0 Å². The van der Waals surface area contributed by atoms with Gasteiger partial charge in [-0.25, -0.2) is 4.98 Å². The molecule has 7 nitrogen and oxygen atoms in total. The molecule has 15 heavy (non-hydrogen) atoms. The third-order valence-corrected chi connectivity index (χ3v) is 2.04. The first-order valence-electron chi connectivity index (χ1n) is 4.59. The Morgan fingerprint density at radius 1 is 1.40 bits per heavy atom. The van der Waals surface area contributed by atoms with Gasteiger partial charge in [-0.1, -0.05) is 0 Å². The van der Waals surface area contributed by atoms with Gasteiger partial charge in [0.05, 0.1) is 0 Å². The zero-order chi connectivity index (χ0) is 10.8. The van der Waals surface area contributed by atoms with Crippen molar-refractivity contribution in [3.8, 4) is 0 Å². The monoisotopic (exact) mass is 208 g/mol. The van der Waals surface area contributed by atoms with E-state index in [0.717, 1.165) is 12.4 Å². The lowest BCUT2D eigenvalue weighted by atomic mass is 10.4. The second kappa shape index (κ2) is 3.70. The number of nitrogen functional groups attached to an aromatic ring is 1. The van der Waals surface area contributed by atoms with Crippen LogP contribution in [0.5, 0.6) is 0 Å². The van der Waals surface area contributed by atoms with Crippen LogP contribution in [-0.4, -0.2) is 33.5 Å². The molecule has 2 rings (SSSR count). The molecule has 2 aromatic rings. The maximum absolute atomic E-state index is 11.4. The first-order chi connectivity index (χ1) is 7.20. The fourth-order valence-corrected chi connectivity index (χ4v) is 1.33. The number of aromatic nitrogens is 4. The van der Waals surface area contributed by atoms with Gasteiger partial charge in [0.25, 0.3) is 5.56 Å². The maximum Gasteiger partial charge on any atom is 0.278 e. The van der Waals surface area contributed by atoms with Crippen LogP contribution < -0.4 is 16.6 Å². The van der Waals surface area contributed by atoms with Crippen molar-refractivity contribution < 1.29 is 0 Å². The third-order valence-electron chi connectivity index (χ3n) is 2.04. The molecule has 0 spiro atoms. The van der Waals surface area contributed by atoms with Gasteiger partial charge in [-0.2, -0.15) is 4.98 Å². The molecule has 0 aromatic carbocycles. The Morgan fingerprint density at radius 3 is 2.93 bits per heavy atom. The van der Waals surface area contributed by atoms with Gasteiger partial charge in [-0.15, -0.1) is 0 Å². The molecule has 5 N–H and O–H groups in total. The largest absolute Gasteiger partial charge is 0.369 e. The molecule has 0 fully saturated rings. The Kier molecular flexibility index (Phi) is 2.38. The average Bonchev–Trinajstić information content (AvgIpc) is 2.57. The number of likely N-dealkylation sites (N-methyl/N-ethyl adjacent to an activating group) is 1. The van der Waals surface area contributed by atoms with Gasteiger partial charge in [-0.05, 0) is 7.05 Å². The van der Waals surface area contributed by atoms with Gasteiger partial charge in [0.2, 0.25) is 5.95 Å². The number of hydrogen-bond acceptors (Lipinski definition) is 5. The normalized spacial score (nSPS) is 11.0. The molecule has 0 radical (unpaired) electrons. The van der Waals surface area contributed by atoms with Crippen molar-refractivity contribution in [1.29, 1.82) is 0 Å². The summed E-state index contributed by atoms with van der Waals surface area (Å²) in [6.07, 6.45) is 0.714. The Bertz CT molecular complexity index is 527. The highest BCUT2D eigenvalue weighted by Crippen LogP contribution is 2.04. The molecule has 7 heteroatoms. The van der Waals surface area contributed by atoms with E-state index < -0.39 is 0 Å². The second-order valence-electron chi connectivity index (χ2n) is 3.19. The van der Waals surface area contributed by atoms with Gasteiger partial charge >= 0.3 is 0 Å². The van der Waals surface area contributed by atoms with Gasteiger partial charge < -0.3 is 16.0 Å². The first-order valence-corrected chi connectivity index (χ1v) is 4.59. The summed E-state index contributed by atoms with van der Waals surface area (Å²) in [6, 6.07) is 0. The molecule has 0 amide bonds. The molecule has 0 aliphatic heterocycles. The summed E-state index contributed by atoms with van der Waals surface area (Å²) < 4.78 is 0. The predicted octanol–water partition coefficient (Wildman–Crippen LogP) is -1.01. The highest BCUT2D eigenvalue weighted by Gasteiger charge is 2.07. The van der Waals surface area contributed by atoms with Crippen LogP contribution in [0.15, 0.2) is 4.79 Å². The summed E-state index contributed by atoms with van der Waals surface area (Å²) in [5.74, 6) is 0.808. The first kappa shape index (κ1) is 9.66. The second-order valence-corrected chi connectivity index (χ2v) is 3.19. The van der Waals surface area contributed by atoms with Crippen LogP contribution in [0.2, 0.25) is 0 Å². The van der Waals surface area contributed by atoms with Crippen LogP contribution in [-0.2, 0) is 6.42 Å². The van der Waals surface area contributed by atoms with Crippen molar-refractivity contribution >= 4 is 17.1 Å². The molecule has 0 bridgehead atoms. The van der Waals surface area contributed by atoms with E-state index in [9.17, 15) is 4.79 Å². The predicted molar refractivity (Wildman–Crippen MR) is 56.6 cm³/mol. The summed E-state index contributed by atoms with van der Waals surface area (Å²) in [5.41, 5.74) is 5.84.